The first-order chi connectivity index (χ1) is 11.4. The van der Waals surface area contributed by atoms with Crippen molar-refractivity contribution in [2.24, 2.45) is 0 Å². The Balaban J connectivity index is 1.58. The lowest BCUT2D eigenvalue weighted by atomic mass is 9.85. The van der Waals surface area contributed by atoms with Crippen LogP contribution in [-0.4, -0.2) is 19.4 Å². The van der Waals surface area contributed by atoms with Gasteiger partial charge in [-0.1, -0.05) is 37.6 Å². The van der Waals surface area contributed by atoms with Gasteiger partial charge >= 0.3 is 6.03 Å². The van der Waals surface area contributed by atoms with Crippen LogP contribution in [0.3, 0.4) is 0 Å². The Hall–Kier alpha value is -2.40. The normalized spacial score (nSPS) is 12.8. The predicted molar refractivity (Wildman–Crippen MR) is 94.1 cm³/mol. The minimum atomic E-state index is -0.268. The number of hydrogen-bond donors (Lipinski definition) is 2. The maximum Gasteiger partial charge on any atom is 0.319 e. The third-order valence-corrected chi connectivity index (χ3v) is 4.20. The number of anilines is 1. The fourth-order valence-corrected chi connectivity index (χ4v) is 2.58. The average molecular weight is 347 g/mol. The van der Waals surface area contributed by atoms with Gasteiger partial charge in [0.25, 0.3) is 0 Å². The minimum absolute atomic E-state index is 0.209. The number of halogens is 1. The van der Waals surface area contributed by atoms with Gasteiger partial charge in [0.05, 0.1) is 0 Å². The molecule has 1 heterocycles. The van der Waals surface area contributed by atoms with E-state index in [1.807, 2.05) is 24.3 Å². The van der Waals surface area contributed by atoms with Gasteiger partial charge in [-0.3, -0.25) is 0 Å². The molecular formula is C18H19ClN2O3. The summed E-state index contributed by atoms with van der Waals surface area (Å²) in [7, 11) is 0. The lowest BCUT2D eigenvalue weighted by molar-refractivity contribution is 0.174. The third kappa shape index (κ3) is 3.74. The van der Waals surface area contributed by atoms with E-state index in [2.05, 4.69) is 24.5 Å². The van der Waals surface area contributed by atoms with E-state index in [0.717, 1.165) is 5.56 Å². The Bertz CT molecular complexity index is 744. The van der Waals surface area contributed by atoms with Crippen molar-refractivity contribution in [2.45, 2.75) is 19.3 Å². The average Bonchev–Trinajstić information content (AvgIpc) is 3.01. The highest BCUT2D eigenvalue weighted by Crippen LogP contribution is 2.34. The number of urea groups is 1. The summed E-state index contributed by atoms with van der Waals surface area (Å²) >= 11 is 5.92. The summed E-state index contributed by atoms with van der Waals surface area (Å²) in [5.74, 6) is 1.32. The maximum atomic E-state index is 12.1. The molecule has 0 atom stereocenters. The Kier molecular flexibility index (Phi) is 4.53. The number of hydrogen-bond acceptors (Lipinski definition) is 3. The quantitative estimate of drug-likeness (QED) is 0.873. The standard InChI is InChI=1S/C18H19ClN2O3/c1-18(2,12-3-5-13(19)6-4-12)10-20-17(22)21-14-7-8-15-16(9-14)24-11-23-15/h3-9H,10-11H2,1-2H3,(H2,20,21,22). The first-order valence-electron chi connectivity index (χ1n) is 7.65. The Morgan fingerprint density at radius 3 is 2.58 bits per heavy atom. The van der Waals surface area contributed by atoms with E-state index < -0.39 is 0 Å². The molecule has 0 aromatic heterocycles. The number of fused-ring (bicyclic) bond motifs is 1. The number of carbonyl (C=O) groups is 1. The number of carbonyl (C=O) groups excluding carboxylic acids is 1. The molecule has 0 unspecified atom stereocenters. The van der Waals surface area contributed by atoms with Crippen molar-refractivity contribution < 1.29 is 14.3 Å². The van der Waals surface area contributed by atoms with Crippen molar-refractivity contribution in [3.05, 3.63) is 53.1 Å². The zero-order chi connectivity index (χ0) is 17.2. The SMILES string of the molecule is CC(C)(CNC(=O)Nc1ccc2c(c1)OCO2)c1ccc(Cl)cc1. The van der Waals surface area contributed by atoms with Crippen molar-refractivity contribution in [3.63, 3.8) is 0 Å². The minimum Gasteiger partial charge on any atom is -0.454 e. The van der Waals surface area contributed by atoms with Gasteiger partial charge in [0.1, 0.15) is 0 Å². The number of nitrogens with one attached hydrogen (secondary N) is 2. The summed E-state index contributed by atoms with van der Waals surface area (Å²) in [6, 6.07) is 12.7. The molecule has 0 saturated heterocycles. The van der Waals surface area contributed by atoms with Crippen LogP contribution in [-0.2, 0) is 5.41 Å². The largest absolute Gasteiger partial charge is 0.454 e. The van der Waals surface area contributed by atoms with Crippen LogP contribution in [0.15, 0.2) is 42.5 Å². The van der Waals surface area contributed by atoms with Crippen molar-refractivity contribution in [1.29, 1.82) is 0 Å². The molecule has 0 fully saturated rings. The lowest BCUT2D eigenvalue weighted by Crippen LogP contribution is -2.38. The molecule has 0 saturated carbocycles. The van der Waals surface area contributed by atoms with Crippen LogP contribution in [0, 0.1) is 0 Å². The second kappa shape index (κ2) is 6.61. The highest BCUT2D eigenvalue weighted by atomic mass is 35.5. The molecule has 1 aliphatic heterocycles. The Labute approximate surface area is 145 Å². The predicted octanol–water partition coefficient (Wildman–Crippen LogP) is 4.17. The van der Waals surface area contributed by atoms with E-state index in [1.54, 1.807) is 18.2 Å². The van der Waals surface area contributed by atoms with Crippen LogP contribution < -0.4 is 20.1 Å². The Morgan fingerprint density at radius 1 is 1.12 bits per heavy atom. The first-order valence-corrected chi connectivity index (χ1v) is 8.02. The summed E-state index contributed by atoms with van der Waals surface area (Å²) in [5, 5.41) is 6.39. The number of rotatable bonds is 4. The topological polar surface area (TPSA) is 59.6 Å². The van der Waals surface area contributed by atoms with Gasteiger partial charge in [0.15, 0.2) is 11.5 Å². The number of amides is 2. The fraction of sp³-hybridized carbons (Fsp3) is 0.278. The molecule has 5 nitrogen and oxygen atoms in total. The molecule has 1 aliphatic rings. The molecule has 2 N–H and O–H groups in total. The third-order valence-electron chi connectivity index (χ3n) is 3.95. The summed E-state index contributed by atoms with van der Waals surface area (Å²) in [6.45, 7) is 4.83. The molecular weight excluding hydrogens is 328 g/mol. The van der Waals surface area contributed by atoms with Crippen LogP contribution in [0.4, 0.5) is 10.5 Å². The monoisotopic (exact) mass is 346 g/mol. The summed E-state index contributed by atoms with van der Waals surface area (Å²) in [4.78, 5) is 12.1. The van der Waals surface area contributed by atoms with Crippen molar-refractivity contribution in [1.82, 2.24) is 5.32 Å². The summed E-state index contributed by atoms with van der Waals surface area (Å²) < 4.78 is 10.5. The van der Waals surface area contributed by atoms with E-state index >= 15 is 0 Å². The molecule has 0 radical (unpaired) electrons. The highest BCUT2D eigenvalue weighted by Gasteiger charge is 2.21. The van der Waals surface area contributed by atoms with Gasteiger partial charge in [0, 0.05) is 28.7 Å². The van der Waals surface area contributed by atoms with E-state index in [4.69, 9.17) is 21.1 Å². The van der Waals surface area contributed by atoms with Gasteiger partial charge < -0.3 is 20.1 Å². The van der Waals surface area contributed by atoms with Crippen molar-refractivity contribution in [3.8, 4) is 11.5 Å². The zero-order valence-electron chi connectivity index (χ0n) is 13.6. The van der Waals surface area contributed by atoms with Gasteiger partial charge in [-0.25, -0.2) is 4.79 Å². The second-order valence-electron chi connectivity index (χ2n) is 6.27. The number of ether oxygens (including phenoxy) is 2. The van der Waals surface area contributed by atoms with Gasteiger partial charge in [-0.2, -0.15) is 0 Å². The van der Waals surface area contributed by atoms with E-state index in [1.165, 1.54) is 0 Å². The molecule has 6 heteroatoms. The molecule has 24 heavy (non-hydrogen) atoms. The van der Waals surface area contributed by atoms with Crippen molar-refractivity contribution >= 4 is 23.3 Å². The molecule has 2 amide bonds. The van der Waals surface area contributed by atoms with Crippen LogP contribution in [0.5, 0.6) is 11.5 Å². The molecule has 126 valence electrons. The molecule has 2 aromatic rings. The van der Waals surface area contributed by atoms with Crippen molar-refractivity contribution in [2.75, 3.05) is 18.7 Å². The molecule has 0 aliphatic carbocycles. The number of benzene rings is 2. The molecule has 0 bridgehead atoms. The van der Waals surface area contributed by atoms with Crippen LogP contribution in [0.1, 0.15) is 19.4 Å². The Morgan fingerprint density at radius 2 is 1.83 bits per heavy atom. The van der Waals surface area contributed by atoms with Crippen LogP contribution >= 0.6 is 11.6 Å². The van der Waals surface area contributed by atoms with Gasteiger partial charge in [-0.05, 0) is 29.8 Å². The van der Waals surface area contributed by atoms with Crippen LogP contribution in [0.2, 0.25) is 5.02 Å². The highest BCUT2D eigenvalue weighted by molar-refractivity contribution is 6.30. The van der Waals surface area contributed by atoms with E-state index in [0.29, 0.717) is 28.8 Å². The smallest absolute Gasteiger partial charge is 0.319 e. The fourth-order valence-electron chi connectivity index (χ4n) is 2.45. The summed E-state index contributed by atoms with van der Waals surface area (Å²) in [6.07, 6.45) is 0. The van der Waals surface area contributed by atoms with Crippen LogP contribution in [0.25, 0.3) is 0 Å². The molecule has 0 spiro atoms. The second-order valence-corrected chi connectivity index (χ2v) is 6.70. The van der Waals surface area contributed by atoms with E-state index in [9.17, 15) is 4.79 Å². The molecule has 3 rings (SSSR count). The van der Waals surface area contributed by atoms with E-state index in [-0.39, 0.29) is 18.2 Å². The maximum absolute atomic E-state index is 12.1. The molecule has 2 aromatic carbocycles. The first kappa shape index (κ1) is 16.5. The lowest BCUT2D eigenvalue weighted by Gasteiger charge is -2.25. The zero-order valence-corrected chi connectivity index (χ0v) is 14.3. The van der Waals surface area contributed by atoms with Gasteiger partial charge in [0.2, 0.25) is 6.79 Å². The summed E-state index contributed by atoms with van der Waals surface area (Å²) in [5.41, 5.74) is 1.55. The van der Waals surface area contributed by atoms with Gasteiger partial charge in [-0.15, -0.1) is 0 Å².